The standard InChI is InChI=1S/C23H25NO4/c1-24(14-13-16-9-11-21(27-3)22(15-16)28-4)23(25)19-10-12-20(26-2)18-8-6-5-7-17(18)19/h5-12,15H,13-14H2,1-4H3. The molecule has 0 aromatic heterocycles. The van der Waals surface area contributed by atoms with Crippen LogP contribution in [0.3, 0.4) is 0 Å². The van der Waals surface area contributed by atoms with Gasteiger partial charge in [0.05, 0.1) is 21.3 Å². The normalized spacial score (nSPS) is 10.6. The van der Waals surface area contributed by atoms with E-state index in [1.165, 1.54) is 0 Å². The van der Waals surface area contributed by atoms with Crippen molar-refractivity contribution < 1.29 is 19.0 Å². The number of fused-ring (bicyclic) bond motifs is 1. The average Bonchev–Trinajstić information content (AvgIpc) is 2.75. The summed E-state index contributed by atoms with van der Waals surface area (Å²) in [7, 11) is 6.69. The Balaban J connectivity index is 1.78. The van der Waals surface area contributed by atoms with E-state index in [9.17, 15) is 4.79 Å². The highest BCUT2D eigenvalue weighted by Crippen LogP contribution is 2.30. The molecular formula is C23H25NO4. The zero-order valence-corrected chi connectivity index (χ0v) is 16.7. The van der Waals surface area contributed by atoms with Crippen molar-refractivity contribution in [3.63, 3.8) is 0 Å². The van der Waals surface area contributed by atoms with E-state index in [1.807, 2.05) is 61.6 Å². The molecule has 3 rings (SSSR count). The van der Waals surface area contributed by atoms with Crippen molar-refractivity contribution in [2.75, 3.05) is 34.9 Å². The van der Waals surface area contributed by atoms with Crippen molar-refractivity contribution in [1.29, 1.82) is 0 Å². The van der Waals surface area contributed by atoms with E-state index in [0.717, 1.165) is 28.5 Å². The first kappa shape index (κ1) is 19.5. The maximum Gasteiger partial charge on any atom is 0.254 e. The van der Waals surface area contributed by atoms with Gasteiger partial charge in [-0.1, -0.05) is 30.3 Å². The van der Waals surface area contributed by atoms with Gasteiger partial charge in [0, 0.05) is 24.5 Å². The predicted molar refractivity (Wildman–Crippen MR) is 111 cm³/mol. The van der Waals surface area contributed by atoms with Crippen LogP contribution in [0.4, 0.5) is 0 Å². The van der Waals surface area contributed by atoms with Gasteiger partial charge in [-0.2, -0.15) is 0 Å². The molecule has 1 amide bonds. The van der Waals surface area contributed by atoms with Crippen LogP contribution in [0.2, 0.25) is 0 Å². The first-order chi connectivity index (χ1) is 13.6. The molecule has 0 spiro atoms. The molecule has 0 N–H and O–H groups in total. The lowest BCUT2D eigenvalue weighted by atomic mass is 10.0. The summed E-state index contributed by atoms with van der Waals surface area (Å²) in [6, 6.07) is 17.3. The van der Waals surface area contributed by atoms with Gasteiger partial charge in [-0.3, -0.25) is 4.79 Å². The van der Waals surface area contributed by atoms with Crippen LogP contribution in [0.1, 0.15) is 15.9 Å². The molecule has 0 bridgehead atoms. The van der Waals surface area contributed by atoms with E-state index in [-0.39, 0.29) is 5.91 Å². The number of carbonyl (C=O) groups is 1. The van der Waals surface area contributed by atoms with E-state index >= 15 is 0 Å². The van der Waals surface area contributed by atoms with Crippen molar-refractivity contribution in [2.45, 2.75) is 6.42 Å². The first-order valence-corrected chi connectivity index (χ1v) is 9.11. The number of amides is 1. The monoisotopic (exact) mass is 379 g/mol. The first-order valence-electron chi connectivity index (χ1n) is 9.11. The van der Waals surface area contributed by atoms with Crippen LogP contribution in [-0.2, 0) is 6.42 Å². The summed E-state index contributed by atoms with van der Waals surface area (Å²) in [4.78, 5) is 14.8. The molecule has 0 saturated heterocycles. The molecular weight excluding hydrogens is 354 g/mol. The van der Waals surface area contributed by atoms with Crippen molar-refractivity contribution in [3.05, 3.63) is 65.7 Å². The van der Waals surface area contributed by atoms with Gasteiger partial charge >= 0.3 is 0 Å². The number of hydrogen-bond donors (Lipinski definition) is 0. The molecule has 0 aliphatic carbocycles. The Kier molecular flexibility index (Phi) is 6.04. The molecule has 0 radical (unpaired) electrons. The number of rotatable bonds is 7. The lowest BCUT2D eigenvalue weighted by Crippen LogP contribution is -2.29. The second-order valence-corrected chi connectivity index (χ2v) is 6.53. The highest BCUT2D eigenvalue weighted by molar-refractivity contribution is 6.08. The molecule has 0 aliphatic heterocycles. The smallest absolute Gasteiger partial charge is 0.254 e. The summed E-state index contributed by atoms with van der Waals surface area (Å²) in [5.74, 6) is 2.13. The molecule has 0 atom stereocenters. The van der Waals surface area contributed by atoms with Crippen LogP contribution >= 0.6 is 0 Å². The van der Waals surface area contributed by atoms with Gasteiger partial charge in [0.2, 0.25) is 0 Å². The SMILES string of the molecule is COc1ccc(CCN(C)C(=O)c2ccc(OC)c3ccccc23)cc1OC. The number of hydrogen-bond acceptors (Lipinski definition) is 4. The van der Waals surface area contributed by atoms with Crippen molar-refractivity contribution in [1.82, 2.24) is 4.90 Å². The van der Waals surface area contributed by atoms with Crippen molar-refractivity contribution in [2.24, 2.45) is 0 Å². The molecule has 0 aliphatic rings. The molecule has 5 heteroatoms. The largest absolute Gasteiger partial charge is 0.496 e. The Hall–Kier alpha value is -3.21. The van der Waals surface area contributed by atoms with Gasteiger partial charge in [-0.15, -0.1) is 0 Å². The third-order valence-corrected chi connectivity index (χ3v) is 4.86. The third kappa shape index (κ3) is 3.88. The van der Waals surface area contributed by atoms with Crippen molar-refractivity contribution >= 4 is 16.7 Å². The van der Waals surface area contributed by atoms with Crippen molar-refractivity contribution in [3.8, 4) is 17.2 Å². The van der Waals surface area contributed by atoms with E-state index < -0.39 is 0 Å². The number of benzene rings is 3. The summed E-state index contributed by atoms with van der Waals surface area (Å²) in [6.07, 6.45) is 0.719. The average molecular weight is 379 g/mol. The Morgan fingerprint density at radius 2 is 1.46 bits per heavy atom. The van der Waals surface area contributed by atoms with Gasteiger partial charge in [0.1, 0.15) is 5.75 Å². The molecule has 5 nitrogen and oxygen atoms in total. The van der Waals surface area contributed by atoms with Gasteiger partial charge < -0.3 is 19.1 Å². The topological polar surface area (TPSA) is 48.0 Å². The summed E-state index contributed by atoms with van der Waals surface area (Å²) >= 11 is 0. The molecule has 3 aromatic carbocycles. The van der Waals surface area contributed by atoms with Crippen LogP contribution in [0.15, 0.2) is 54.6 Å². The lowest BCUT2D eigenvalue weighted by Gasteiger charge is -2.19. The molecule has 3 aromatic rings. The lowest BCUT2D eigenvalue weighted by molar-refractivity contribution is 0.0798. The van der Waals surface area contributed by atoms with Crippen LogP contribution in [0, 0.1) is 0 Å². The highest BCUT2D eigenvalue weighted by Gasteiger charge is 2.16. The zero-order chi connectivity index (χ0) is 20.1. The number of nitrogens with zero attached hydrogens (tertiary/aromatic N) is 1. The summed E-state index contributed by atoms with van der Waals surface area (Å²) in [5.41, 5.74) is 1.75. The molecule has 0 unspecified atom stereocenters. The molecule has 0 saturated carbocycles. The van der Waals surface area contributed by atoms with Gasteiger partial charge in [-0.25, -0.2) is 0 Å². The van der Waals surface area contributed by atoms with Crippen LogP contribution < -0.4 is 14.2 Å². The van der Waals surface area contributed by atoms with Gasteiger partial charge in [0.25, 0.3) is 5.91 Å². The van der Waals surface area contributed by atoms with E-state index in [0.29, 0.717) is 23.6 Å². The van der Waals surface area contributed by atoms with E-state index in [1.54, 1.807) is 26.2 Å². The molecule has 28 heavy (non-hydrogen) atoms. The summed E-state index contributed by atoms with van der Waals surface area (Å²) in [5, 5.41) is 1.83. The molecule has 146 valence electrons. The molecule has 0 heterocycles. The fourth-order valence-corrected chi connectivity index (χ4v) is 3.28. The molecule has 0 fully saturated rings. The van der Waals surface area contributed by atoms with E-state index in [2.05, 4.69) is 0 Å². The second-order valence-electron chi connectivity index (χ2n) is 6.53. The third-order valence-electron chi connectivity index (χ3n) is 4.86. The summed E-state index contributed by atoms with van der Waals surface area (Å²) in [6.45, 7) is 0.592. The Labute approximate surface area is 165 Å². The minimum absolute atomic E-state index is 0.0145. The Morgan fingerprint density at radius 3 is 2.14 bits per heavy atom. The van der Waals surface area contributed by atoms with Crippen LogP contribution in [0.25, 0.3) is 10.8 Å². The number of likely N-dealkylation sites (N-methyl/N-ethyl adjacent to an activating group) is 1. The number of methoxy groups -OCH3 is 3. The Morgan fingerprint density at radius 1 is 0.821 bits per heavy atom. The second kappa shape index (κ2) is 8.65. The number of carbonyl (C=O) groups excluding carboxylic acids is 1. The minimum Gasteiger partial charge on any atom is -0.496 e. The predicted octanol–water partition coefficient (Wildman–Crippen LogP) is 4.18. The fourth-order valence-electron chi connectivity index (χ4n) is 3.28. The zero-order valence-electron chi connectivity index (χ0n) is 16.7. The van der Waals surface area contributed by atoms with Gasteiger partial charge in [-0.05, 0) is 41.6 Å². The maximum absolute atomic E-state index is 13.0. The van der Waals surface area contributed by atoms with Crippen LogP contribution in [0.5, 0.6) is 17.2 Å². The number of ether oxygens (including phenoxy) is 3. The van der Waals surface area contributed by atoms with Crippen LogP contribution in [-0.4, -0.2) is 45.7 Å². The quantitative estimate of drug-likeness (QED) is 0.618. The highest BCUT2D eigenvalue weighted by atomic mass is 16.5. The van der Waals surface area contributed by atoms with E-state index in [4.69, 9.17) is 14.2 Å². The minimum atomic E-state index is -0.0145. The Bertz CT molecular complexity index is 983. The maximum atomic E-state index is 13.0. The summed E-state index contributed by atoms with van der Waals surface area (Å²) < 4.78 is 16.0. The van der Waals surface area contributed by atoms with Gasteiger partial charge in [0.15, 0.2) is 11.5 Å². The fraction of sp³-hybridized carbons (Fsp3) is 0.261.